The number of aromatic nitrogens is 2. The zero-order chi connectivity index (χ0) is 31.1. The highest BCUT2D eigenvalue weighted by Gasteiger charge is 2.45. The third-order valence-electron chi connectivity index (χ3n) is 7.44. The minimum absolute atomic E-state index is 0.110. The van der Waals surface area contributed by atoms with E-state index in [1.807, 2.05) is 6.07 Å². The van der Waals surface area contributed by atoms with E-state index in [2.05, 4.69) is 4.98 Å². The van der Waals surface area contributed by atoms with E-state index in [-0.39, 0.29) is 30.3 Å². The lowest BCUT2D eigenvalue weighted by Crippen LogP contribution is -2.44. The minimum Gasteiger partial charge on any atom is -0.508 e. The summed E-state index contributed by atoms with van der Waals surface area (Å²) in [6, 6.07) is 15.3. The average Bonchev–Trinajstić information content (AvgIpc) is 3.33. The molecule has 0 amide bonds. The summed E-state index contributed by atoms with van der Waals surface area (Å²) in [5.41, 5.74) is 0.255. The van der Waals surface area contributed by atoms with E-state index in [0.717, 1.165) is 10.9 Å². The molecule has 0 fully saturated rings. The highest BCUT2D eigenvalue weighted by molar-refractivity contribution is 6.30. The molecule has 6 rings (SSSR count). The summed E-state index contributed by atoms with van der Waals surface area (Å²) in [7, 11) is 0. The van der Waals surface area contributed by atoms with Crippen LogP contribution >= 0.6 is 11.6 Å². The topological polar surface area (TPSA) is 137 Å². The van der Waals surface area contributed by atoms with Crippen LogP contribution in [0.4, 0.5) is 0 Å². The van der Waals surface area contributed by atoms with Gasteiger partial charge in [-0.25, -0.2) is 14.6 Å². The third kappa shape index (κ3) is 5.55. The molecule has 0 bridgehead atoms. The van der Waals surface area contributed by atoms with Crippen LogP contribution in [0.25, 0.3) is 22.3 Å². The van der Waals surface area contributed by atoms with Crippen molar-refractivity contribution in [2.75, 3.05) is 6.61 Å². The molecule has 0 aliphatic carbocycles. The maximum atomic E-state index is 13.0. The van der Waals surface area contributed by atoms with Crippen molar-refractivity contribution in [2.45, 2.75) is 58.5 Å². The number of rotatable bonds is 5. The summed E-state index contributed by atoms with van der Waals surface area (Å²) >= 11 is 5.75. The maximum absolute atomic E-state index is 13.0. The molecule has 4 heterocycles. The van der Waals surface area contributed by atoms with Crippen molar-refractivity contribution in [1.82, 2.24) is 9.55 Å². The molecule has 2 aromatic heterocycles. The van der Waals surface area contributed by atoms with Gasteiger partial charge in [0.15, 0.2) is 11.2 Å². The van der Waals surface area contributed by atoms with Crippen LogP contribution in [-0.4, -0.2) is 43.9 Å². The number of esters is 2. The van der Waals surface area contributed by atoms with Crippen LogP contribution in [0.15, 0.2) is 59.4 Å². The van der Waals surface area contributed by atoms with Crippen molar-refractivity contribution in [3.8, 4) is 22.9 Å². The second-order valence-corrected chi connectivity index (χ2v) is 11.2. The summed E-state index contributed by atoms with van der Waals surface area (Å²) in [5, 5.41) is 21.9. The van der Waals surface area contributed by atoms with Crippen molar-refractivity contribution in [3.63, 3.8) is 0 Å². The molecular formula is C32H31ClN2O8. The smallest absolute Gasteiger partial charge is 0.349 e. The van der Waals surface area contributed by atoms with E-state index >= 15 is 0 Å². The molecule has 1 atom stereocenters. The number of aliphatic hydroxyl groups is 1. The largest absolute Gasteiger partial charge is 0.508 e. The summed E-state index contributed by atoms with van der Waals surface area (Å²) in [6.07, 6.45) is 0.110. The Morgan fingerprint density at radius 1 is 1.12 bits per heavy atom. The number of halogens is 1. The molecule has 0 unspecified atom stereocenters. The lowest BCUT2D eigenvalue weighted by atomic mass is 9.86. The number of pyridine rings is 2. The molecule has 0 saturated heterocycles. The number of carbonyl (C=O) groups is 2. The zero-order valence-corrected chi connectivity index (χ0v) is 24.9. The van der Waals surface area contributed by atoms with Crippen LogP contribution in [-0.2, 0) is 37.8 Å². The first-order chi connectivity index (χ1) is 20.4. The highest BCUT2D eigenvalue weighted by Crippen LogP contribution is 2.38. The standard InChI is InChI=1S/C20H16N2O5.C12H15ClO3/c1-2-20(26)14-7-16-17-11(5-10-6-12(23)3-4-15(10)21-17)8-22(16)18(24)13(14)9-27-19(20)25;1-4-15-11(14)12(2,3)16-10-7-5-9(13)6-8-10/h3-7,23,26H,2,8-9H2,1H3;5-8H,4H2,1-3H3/t20-;/m0./s1. The maximum Gasteiger partial charge on any atom is 0.349 e. The number of nitrogens with zero attached hydrogens (tertiary/aromatic N) is 2. The van der Waals surface area contributed by atoms with Crippen LogP contribution < -0.4 is 10.3 Å². The number of aromatic hydroxyl groups is 1. The Bertz CT molecular complexity index is 1800. The van der Waals surface area contributed by atoms with Crippen molar-refractivity contribution >= 4 is 34.4 Å². The normalized spacial score (nSPS) is 16.7. The second-order valence-electron chi connectivity index (χ2n) is 10.8. The van der Waals surface area contributed by atoms with E-state index in [9.17, 15) is 24.6 Å². The Morgan fingerprint density at radius 2 is 1.84 bits per heavy atom. The van der Waals surface area contributed by atoms with Gasteiger partial charge in [-0.2, -0.15) is 0 Å². The average molecular weight is 607 g/mol. The number of cyclic esters (lactones) is 1. The number of ether oxygens (including phenoxy) is 3. The van der Waals surface area contributed by atoms with Gasteiger partial charge in [-0.15, -0.1) is 0 Å². The van der Waals surface area contributed by atoms with Crippen LogP contribution in [0.3, 0.4) is 0 Å². The monoisotopic (exact) mass is 606 g/mol. The van der Waals surface area contributed by atoms with Gasteiger partial charge in [-0.3, -0.25) is 4.79 Å². The summed E-state index contributed by atoms with van der Waals surface area (Å²) in [5.74, 6) is -0.384. The second kappa shape index (κ2) is 11.3. The fourth-order valence-corrected chi connectivity index (χ4v) is 5.24. The Balaban J connectivity index is 0.000000198. The summed E-state index contributed by atoms with van der Waals surface area (Å²) in [6.45, 7) is 7.30. The third-order valence-corrected chi connectivity index (χ3v) is 7.70. The zero-order valence-electron chi connectivity index (χ0n) is 24.1. The number of benzene rings is 2. The molecule has 0 radical (unpaired) electrons. The predicted molar refractivity (Wildman–Crippen MR) is 159 cm³/mol. The van der Waals surface area contributed by atoms with Gasteiger partial charge in [-0.1, -0.05) is 18.5 Å². The molecular weight excluding hydrogens is 576 g/mol. The molecule has 2 N–H and O–H groups in total. The van der Waals surface area contributed by atoms with Gasteiger partial charge in [-0.05, 0) is 81.8 Å². The summed E-state index contributed by atoms with van der Waals surface area (Å²) < 4.78 is 17.1. The molecule has 2 aromatic carbocycles. The van der Waals surface area contributed by atoms with Gasteiger partial charge >= 0.3 is 11.9 Å². The molecule has 224 valence electrons. The number of hydrogen-bond donors (Lipinski definition) is 2. The number of carbonyl (C=O) groups excluding carboxylic acids is 2. The van der Waals surface area contributed by atoms with Crippen LogP contribution in [0.1, 0.15) is 50.8 Å². The van der Waals surface area contributed by atoms with Crippen LogP contribution in [0, 0.1) is 0 Å². The van der Waals surface area contributed by atoms with Crippen molar-refractivity contribution in [3.05, 3.63) is 86.7 Å². The quantitative estimate of drug-likeness (QED) is 0.269. The number of hydrogen-bond acceptors (Lipinski definition) is 9. The Hall–Kier alpha value is -4.41. The van der Waals surface area contributed by atoms with Crippen molar-refractivity contribution in [2.24, 2.45) is 0 Å². The number of phenolic OH excluding ortho intramolecular Hbond substituents is 1. The van der Waals surface area contributed by atoms with Gasteiger partial charge in [0, 0.05) is 21.5 Å². The fourth-order valence-electron chi connectivity index (χ4n) is 5.12. The first-order valence-corrected chi connectivity index (χ1v) is 14.2. The lowest BCUT2D eigenvalue weighted by Gasteiger charge is -2.31. The molecule has 2 aliphatic rings. The number of phenols is 1. The molecule has 0 saturated carbocycles. The molecule has 0 spiro atoms. The Morgan fingerprint density at radius 3 is 2.51 bits per heavy atom. The minimum atomic E-state index is -1.83. The van der Waals surface area contributed by atoms with Crippen molar-refractivity contribution < 1.29 is 34.0 Å². The first-order valence-electron chi connectivity index (χ1n) is 13.8. The molecule has 43 heavy (non-hydrogen) atoms. The van der Waals surface area contributed by atoms with Gasteiger partial charge in [0.05, 0.1) is 35.6 Å². The SMILES string of the molecule is CCOC(=O)C(C)(C)Oc1ccc(Cl)cc1.CC[C@@]1(O)C(=O)OCc2c1cc1n(c2=O)Cc2cc3cc(O)ccc3nc2-1. The van der Waals surface area contributed by atoms with E-state index < -0.39 is 17.2 Å². The molecule has 11 heteroatoms. The highest BCUT2D eigenvalue weighted by atomic mass is 35.5. The van der Waals surface area contributed by atoms with Crippen LogP contribution in [0.5, 0.6) is 11.5 Å². The van der Waals surface area contributed by atoms with E-state index in [1.54, 1.807) is 80.8 Å². The Labute approximate surface area is 252 Å². The molecule has 2 aliphatic heterocycles. The fraction of sp³-hybridized carbons (Fsp3) is 0.312. The molecule has 4 aromatic rings. The Kier molecular flexibility index (Phi) is 7.93. The van der Waals surface area contributed by atoms with Gasteiger partial charge in [0.1, 0.15) is 18.1 Å². The van der Waals surface area contributed by atoms with Gasteiger partial charge in [0.2, 0.25) is 0 Å². The van der Waals surface area contributed by atoms with Gasteiger partial charge < -0.3 is 29.0 Å². The van der Waals surface area contributed by atoms with E-state index in [1.165, 1.54) is 0 Å². The van der Waals surface area contributed by atoms with E-state index in [4.69, 9.17) is 25.8 Å². The van der Waals surface area contributed by atoms with Gasteiger partial charge in [0.25, 0.3) is 5.56 Å². The first kappa shape index (κ1) is 30.1. The summed E-state index contributed by atoms with van der Waals surface area (Å²) in [4.78, 5) is 41.4. The predicted octanol–water partition coefficient (Wildman–Crippen LogP) is 4.85. The lowest BCUT2D eigenvalue weighted by molar-refractivity contribution is -0.172. The van der Waals surface area contributed by atoms with Crippen LogP contribution in [0.2, 0.25) is 5.02 Å². The van der Waals surface area contributed by atoms with Crippen molar-refractivity contribution in [1.29, 1.82) is 0 Å². The number of fused-ring (bicyclic) bond motifs is 5. The van der Waals surface area contributed by atoms with E-state index in [0.29, 0.717) is 52.0 Å². The molecule has 10 nitrogen and oxygen atoms in total.